The summed E-state index contributed by atoms with van der Waals surface area (Å²) in [5, 5.41) is 0. The first-order valence-corrected chi connectivity index (χ1v) is 9.66. The topological polar surface area (TPSA) is 88.1 Å². The van der Waals surface area contributed by atoms with E-state index in [4.69, 9.17) is 18.9 Å². The molecule has 4 fully saturated rings. The Balaban J connectivity index is 1.61. The van der Waals surface area contributed by atoms with Crippen LogP contribution in [-0.2, 0) is 33.3 Å². The fraction of sp³-hybridized carbons (Fsp3) is 0.750. The van der Waals surface area contributed by atoms with Gasteiger partial charge in [-0.15, -0.1) is 0 Å². The molecule has 6 atom stereocenters. The lowest BCUT2D eigenvalue weighted by molar-refractivity contribution is -0.234. The molecule has 0 aromatic heterocycles. The van der Waals surface area contributed by atoms with Crippen LogP contribution in [0.25, 0.3) is 0 Å². The zero-order chi connectivity index (χ0) is 19.8. The van der Waals surface area contributed by atoms with Crippen molar-refractivity contribution < 1.29 is 33.3 Å². The van der Waals surface area contributed by atoms with E-state index in [0.29, 0.717) is 25.2 Å². The normalized spacial score (nSPS) is 33.6. The largest absolute Gasteiger partial charge is 0.462 e. The Labute approximate surface area is 159 Å². The van der Waals surface area contributed by atoms with Gasteiger partial charge in [0.2, 0.25) is 6.29 Å². The van der Waals surface area contributed by atoms with E-state index in [-0.39, 0.29) is 23.6 Å². The minimum Gasteiger partial charge on any atom is -0.462 e. The maximum atomic E-state index is 12.4. The zero-order valence-corrected chi connectivity index (χ0v) is 16.2. The van der Waals surface area contributed by atoms with E-state index < -0.39 is 29.9 Å². The van der Waals surface area contributed by atoms with Gasteiger partial charge in [0.25, 0.3) is 0 Å². The Kier molecular flexibility index (Phi) is 5.60. The van der Waals surface area contributed by atoms with Gasteiger partial charge in [0.1, 0.15) is 6.10 Å². The molecule has 0 amide bonds. The average Bonchev–Trinajstić information content (AvgIpc) is 2.72. The van der Waals surface area contributed by atoms with E-state index in [1.807, 2.05) is 0 Å². The number of ether oxygens (including phenoxy) is 4. The molecule has 4 rings (SSSR count). The molecule has 7 heteroatoms. The van der Waals surface area contributed by atoms with Gasteiger partial charge < -0.3 is 18.9 Å². The summed E-state index contributed by atoms with van der Waals surface area (Å²) >= 11 is 0. The van der Waals surface area contributed by atoms with Gasteiger partial charge in [0.05, 0.1) is 11.5 Å². The van der Waals surface area contributed by atoms with Crippen LogP contribution >= 0.6 is 0 Å². The number of carbonyl (C=O) groups excluding carboxylic acids is 3. The second kappa shape index (κ2) is 7.62. The summed E-state index contributed by atoms with van der Waals surface area (Å²) in [6.45, 7) is 8.42. The Bertz CT molecular complexity index is 642. The molecule has 0 N–H and O–H groups in total. The molecule has 6 unspecified atom stereocenters. The monoisotopic (exact) mass is 380 g/mol. The molecule has 2 aliphatic carbocycles. The summed E-state index contributed by atoms with van der Waals surface area (Å²) in [4.78, 5) is 36.2. The van der Waals surface area contributed by atoms with Crippen LogP contribution in [0.5, 0.6) is 0 Å². The first-order chi connectivity index (χ1) is 12.7. The van der Waals surface area contributed by atoms with Crippen LogP contribution in [0.4, 0.5) is 0 Å². The summed E-state index contributed by atoms with van der Waals surface area (Å²) in [5.74, 6) is -1.14. The molecule has 4 bridgehead atoms. The molecule has 0 radical (unpaired) electrons. The Morgan fingerprint density at radius 2 is 2.00 bits per heavy atom. The van der Waals surface area contributed by atoms with Crippen LogP contribution in [0.2, 0.25) is 0 Å². The summed E-state index contributed by atoms with van der Waals surface area (Å²) in [6, 6.07) is 0. The Morgan fingerprint density at radius 3 is 2.67 bits per heavy atom. The molecule has 4 aliphatic rings. The second-order valence-electron chi connectivity index (χ2n) is 8.09. The van der Waals surface area contributed by atoms with Crippen molar-refractivity contribution >= 4 is 17.9 Å². The highest BCUT2D eigenvalue weighted by Crippen LogP contribution is 2.51. The fourth-order valence-corrected chi connectivity index (χ4v) is 4.66. The molecule has 0 spiro atoms. The molecule has 2 aliphatic heterocycles. The van der Waals surface area contributed by atoms with E-state index in [1.54, 1.807) is 13.8 Å². The number of rotatable bonds is 7. The van der Waals surface area contributed by atoms with Gasteiger partial charge in [-0.1, -0.05) is 13.5 Å². The molecule has 7 nitrogen and oxygen atoms in total. The van der Waals surface area contributed by atoms with E-state index in [0.717, 1.165) is 19.3 Å². The lowest BCUT2D eigenvalue weighted by Gasteiger charge is -2.46. The average molecular weight is 380 g/mol. The number of esters is 3. The van der Waals surface area contributed by atoms with Crippen molar-refractivity contribution in [3.63, 3.8) is 0 Å². The summed E-state index contributed by atoms with van der Waals surface area (Å²) in [5.41, 5.74) is -0.279. The number of hydrogen-bond acceptors (Lipinski definition) is 7. The molecule has 150 valence electrons. The lowest BCUT2D eigenvalue weighted by atomic mass is 9.65. The standard InChI is InChI=1S/C20H28O7/c1-5-16(26-17(21)11(2)3)19(23)24-12(4)27-20-8-13-6-14(9-20)18(22)25-15(7-13)10-20/h12-16H,2,5-10H2,1,3-4H3. The lowest BCUT2D eigenvalue weighted by Crippen LogP contribution is -2.49. The smallest absolute Gasteiger partial charge is 0.349 e. The quantitative estimate of drug-likeness (QED) is 0.290. The molecule has 0 aromatic rings. The van der Waals surface area contributed by atoms with Crippen LogP contribution in [0, 0.1) is 11.8 Å². The van der Waals surface area contributed by atoms with Gasteiger partial charge in [-0.05, 0) is 51.9 Å². The molecular weight excluding hydrogens is 352 g/mol. The number of fused-ring (bicyclic) bond motifs is 1. The third-order valence-electron chi connectivity index (χ3n) is 5.64. The van der Waals surface area contributed by atoms with E-state index in [9.17, 15) is 14.4 Å². The van der Waals surface area contributed by atoms with Crippen LogP contribution in [0.3, 0.4) is 0 Å². The van der Waals surface area contributed by atoms with E-state index in [1.165, 1.54) is 6.92 Å². The predicted octanol–water partition coefficient (Wildman–Crippen LogP) is 2.66. The van der Waals surface area contributed by atoms with Crippen molar-refractivity contribution in [1.82, 2.24) is 0 Å². The first kappa shape index (κ1) is 19.9. The van der Waals surface area contributed by atoms with Gasteiger partial charge >= 0.3 is 17.9 Å². The summed E-state index contributed by atoms with van der Waals surface area (Å²) < 4.78 is 22.2. The third-order valence-corrected chi connectivity index (χ3v) is 5.64. The minimum atomic E-state index is -0.996. The minimum absolute atomic E-state index is 0.119. The van der Waals surface area contributed by atoms with Crippen LogP contribution in [0.15, 0.2) is 12.2 Å². The van der Waals surface area contributed by atoms with Crippen LogP contribution in [0.1, 0.15) is 59.3 Å². The van der Waals surface area contributed by atoms with Crippen molar-refractivity contribution in [2.24, 2.45) is 11.8 Å². The maximum absolute atomic E-state index is 12.4. The van der Waals surface area contributed by atoms with E-state index >= 15 is 0 Å². The zero-order valence-electron chi connectivity index (χ0n) is 16.2. The number of hydrogen-bond donors (Lipinski definition) is 0. The fourth-order valence-electron chi connectivity index (χ4n) is 4.66. The molecule has 2 saturated heterocycles. The van der Waals surface area contributed by atoms with Gasteiger partial charge in [-0.25, -0.2) is 9.59 Å². The Morgan fingerprint density at radius 1 is 1.26 bits per heavy atom. The van der Waals surface area contributed by atoms with Gasteiger partial charge in [0, 0.05) is 12.0 Å². The van der Waals surface area contributed by atoms with Crippen molar-refractivity contribution in [3.8, 4) is 0 Å². The number of carbonyl (C=O) groups is 3. The maximum Gasteiger partial charge on any atom is 0.349 e. The molecule has 2 saturated carbocycles. The Hall–Kier alpha value is -1.89. The summed E-state index contributed by atoms with van der Waals surface area (Å²) in [7, 11) is 0. The van der Waals surface area contributed by atoms with Gasteiger partial charge in [-0.2, -0.15) is 0 Å². The van der Waals surface area contributed by atoms with Crippen LogP contribution < -0.4 is 0 Å². The van der Waals surface area contributed by atoms with E-state index in [2.05, 4.69) is 6.58 Å². The highest BCUT2D eigenvalue weighted by molar-refractivity contribution is 5.89. The molecular formula is C20H28O7. The van der Waals surface area contributed by atoms with Crippen LogP contribution in [-0.4, -0.2) is 42.0 Å². The van der Waals surface area contributed by atoms with Gasteiger partial charge in [0.15, 0.2) is 6.10 Å². The molecule has 0 aromatic carbocycles. The second-order valence-corrected chi connectivity index (χ2v) is 8.09. The van der Waals surface area contributed by atoms with Crippen molar-refractivity contribution in [3.05, 3.63) is 12.2 Å². The van der Waals surface area contributed by atoms with Crippen molar-refractivity contribution in [2.45, 2.75) is 83.4 Å². The molecule has 2 heterocycles. The van der Waals surface area contributed by atoms with Gasteiger partial charge in [-0.3, -0.25) is 4.79 Å². The first-order valence-electron chi connectivity index (χ1n) is 9.66. The van der Waals surface area contributed by atoms with Crippen molar-refractivity contribution in [1.29, 1.82) is 0 Å². The highest BCUT2D eigenvalue weighted by Gasteiger charge is 2.54. The highest BCUT2D eigenvalue weighted by atomic mass is 16.7. The van der Waals surface area contributed by atoms with Crippen molar-refractivity contribution in [2.75, 3.05) is 0 Å². The third kappa shape index (κ3) is 4.34. The molecule has 27 heavy (non-hydrogen) atoms. The SMILES string of the molecule is C=C(C)C(=O)OC(CC)C(=O)OC(C)OC12CC3CC(C1)OC(=O)C(C3)C2. The summed E-state index contributed by atoms with van der Waals surface area (Å²) in [6.07, 6.45) is 2.19. The predicted molar refractivity (Wildman–Crippen MR) is 94.3 cm³/mol.